The van der Waals surface area contributed by atoms with Crippen LogP contribution in [0, 0.1) is 6.92 Å². The molecule has 3 aromatic rings. The molecule has 2 amide bonds. The lowest BCUT2D eigenvalue weighted by Crippen LogP contribution is -2.31. The molecular weight excluding hydrogens is 344 g/mol. The number of nitrogens with one attached hydrogen (secondary N) is 2. The Hall–Kier alpha value is -3.19. The normalized spacial score (nSPS) is 10.7. The van der Waals surface area contributed by atoms with Crippen LogP contribution in [0.15, 0.2) is 53.3 Å². The van der Waals surface area contributed by atoms with Crippen molar-refractivity contribution in [2.45, 2.75) is 20.0 Å². The molecule has 140 valence electrons. The number of fused-ring (bicyclic) bond motifs is 1. The molecular formula is C20H22N4O3. The van der Waals surface area contributed by atoms with E-state index < -0.39 is 0 Å². The fraction of sp³-hybridized carbons (Fsp3) is 0.250. The second-order valence-corrected chi connectivity index (χ2v) is 6.14. The number of urea groups is 1. The van der Waals surface area contributed by atoms with Crippen molar-refractivity contribution in [2.75, 3.05) is 19.0 Å². The van der Waals surface area contributed by atoms with E-state index in [0.717, 1.165) is 16.6 Å². The molecule has 0 aliphatic rings. The number of ether oxygens (including phenoxy) is 1. The van der Waals surface area contributed by atoms with Crippen molar-refractivity contribution in [1.82, 2.24) is 15.1 Å². The number of para-hydroxylation sites is 1. The second kappa shape index (κ2) is 8.46. The Morgan fingerprint density at radius 2 is 1.81 bits per heavy atom. The molecule has 1 aromatic heterocycles. The Morgan fingerprint density at radius 1 is 1.11 bits per heavy atom. The number of nitrogens with zero attached hydrogens (tertiary/aromatic N) is 2. The number of benzene rings is 2. The minimum atomic E-state index is -0.329. The van der Waals surface area contributed by atoms with Gasteiger partial charge in [-0.25, -0.2) is 9.48 Å². The molecule has 0 bridgehead atoms. The Balaban J connectivity index is 1.81. The van der Waals surface area contributed by atoms with Crippen molar-refractivity contribution >= 4 is 22.5 Å². The van der Waals surface area contributed by atoms with Crippen molar-refractivity contribution < 1.29 is 9.53 Å². The predicted octanol–water partition coefficient (Wildman–Crippen LogP) is 2.67. The summed E-state index contributed by atoms with van der Waals surface area (Å²) in [6, 6.07) is 14.5. The average Bonchev–Trinajstić information content (AvgIpc) is 2.68. The number of hydrogen-bond acceptors (Lipinski definition) is 4. The van der Waals surface area contributed by atoms with Gasteiger partial charge < -0.3 is 15.4 Å². The van der Waals surface area contributed by atoms with Gasteiger partial charge in [0.2, 0.25) is 0 Å². The Labute approximate surface area is 157 Å². The summed E-state index contributed by atoms with van der Waals surface area (Å²) in [4.78, 5) is 24.8. The molecule has 0 saturated carbocycles. The van der Waals surface area contributed by atoms with Gasteiger partial charge in [0.25, 0.3) is 5.56 Å². The van der Waals surface area contributed by atoms with Crippen LogP contribution >= 0.6 is 0 Å². The lowest BCUT2D eigenvalue weighted by molar-refractivity contribution is 0.181. The van der Waals surface area contributed by atoms with E-state index in [1.165, 1.54) is 4.68 Å². The van der Waals surface area contributed by atoms with Crippen LogP contribution in [0.25, 0.3) is 10.8 Å². The van der Waals surface area contributed by atoms with E-state index >= 15 is 0 Å². The van der Waals surface area contributed by atoms with Crippen LogP contribution in [0.1, 0.15) is 11.3 Å². The Kier molecular flexibility index (Phi) is 5.83. The number of carbonyl (C=O) groups excluding carboxylic acids is 1. The summed E-state index contributed by atoms with van der Waals surface area (Å²) in [5.41, 5.74) is 2.18. The molecule has 0 unspecified atom stereocenters. The highest BCUT2D eigenvalue weighted by Crippen LogP contribution is 2.14. The van der Waals surface area contributed by atoms with E-state index in [0.29, 0.717) is 24.2 Å². The third-order valence-corrected chi connectivity index (χ3v) is 4.26. The van der Waals surface area contributed by atoms with Crippen LogP contribution < -0.4 is 16.2 Å². The van der Waals surface area contributed by atoms with Gasteiger partial charge in [-0.3, -0.25) is 4.79 Å². The second-order valence-electron chi connectivity index (χ2n) is 6.14. The molecule has 0 fully saturated rings. The molecule has 3 rings (SSSR count). The minimum Gasteiger partial charge on any atom is -0.383 e. The fourth-order valence-corrected chi connectivity index (χ4v) is 2.81. The number of methoxy groups -OCH3 is 1. The lowest BCUT2D eigenvalue weighted by Gasteiger charge is -2.13. The van der Waals surface area contributed by atoms with Crippen LogP contribution in [0.4, 0.5) is 10.5 Å². The maximum absolute atomic E-state index is 12.5. The van der Waals surface area contributed by atoms with E-state index in [9.17, 15) is 9.59 Å². The molecule has 1 heterocycles. The summed E-state index contributed by atoms with van der Waals surface area (Å²) in [6.45, 7) is 2.86. The van der Waals surface area contributed by atoms with Crippen LogP contribution in [0.5, 0.6) is 0 Å². The molecule has 27 heavy (non-hydrogen) atoms. The topological polar surface area (TPSA) is 85.2 Å². The van der Waals surface area contributed by atoms with E-state index in [1.807, 2.05) is 49.4 Å². The lowest BCUT2D eigenvalue weighted by atomic mass is 10.1. The Bertz CT molecular complexity index is 1010. The number of rotatable bonds is 6. The van der Waals surface area contributed by atoms with Crippen LogP contribution in [0.2, 0.25) is 0 Å². The van der Waals surface area contributed by atoms with Gasteiger partial charge in [0.05, 0.1) is 30.8 Å². The summed E-state index contributed by atoms with van der Waals surface area (Å²) in [5, 5.41) is 11.3. The Morgan fingerprint density at radius 3 is 2.56 bits per heavy atom. The summed E-state index contributed by atoms with van der Waals surface area (Å²) in [5.74, 6) is 0. The first-order valence-corrected chi connectivity index (χ1v) is 8.68. The molecule has 2 aromatic carbocycles. The first-order valence-electron chi connectivity index (χ1n) is 8.68. The van der Waals surface area contributed by atoms with Crippen molar-refractivity contribution in [3.8, 4) is 0 Å². The SMILES string of the molecule is COCCn1nc(CNC(=O)Nc2ccccc2C)c2ccccc2c1=O. The first-order chi connectivity index (χ1) is 13.1. The van der Waals surface area contributed by atoms with Gasteiger partial charge >= 0.3 is 6.03 Å². The highest BCUT2D eigenvalue weighted by Gasteiger charge is 2.11. The van der Waals surface area contributed by atoms with Crippen molar-refractivity contribution in [3.05, 3.63) is 70.1 Å². The third kappa shape index (κ3) is 4.32. The van der Waals surface area contributed by atoms with E-state index in [-0.39, 0.29) is 18.1 Å². The van der Waals surface area contributed by atoms with Gasteiger partial charge in [-0.05, 0) is 24.6 Å². The molecule has 2 N–H and O–H groups in total. The molecule has 7 heteroatoms. The van der Waals surface area contributed by atoms with Gasteiger partial charge in [-0.1, -0.05) is 36.4 Å². The van der Waals surface area contributed by atoms with Crippen LogP contribution in [-0.4, -0.2) is 29.5 Å². The smallest absolute Gasteiger partial charge is 0.319 e. The zero-order valence-corrected chi connectivity index (χ0v) is 15.4. The van der Waals surface area contributed by atoms with Crippen molar-refractivity contribution in [1.29, 1.82) is 0 Å². The van der Waals surface area contributed by atoms with E-state index in [2.05, 4.69) is 15.7 Å². The highest BCUT2D eigenvalue weighted by molar-refractivity contribution is 5.90. The monoisotopic (exact) mass is 366 g/mol. The molecule has 0 spiro atoms. The van der Waals surface area contributed by atoms with Gasteiger partial charge in [-0.2, -0.15) is 5.10 Å². The number of carbonyl (C=O) groups is 1. The number of anilines is 1. The quantitative estimate of drug-likeness (QED) is 0.702. The molecule has 0 radical (unpaired) electrons. The van der Waals surface area contributed by atoms with Gasteiger partial charge in [0, 0.05) is 18.2 Å². The molecule has 0 aliphatic heterocycles. The summed E-state index contributed by atoms with van der Waals surface area (Å²) in [7, 11) is 1.57. The molecule has 0 aliphatic carbocycles. The summed E-state index contributed by atoms with van der Waals surface area (Å²) < 4.78 is 6.43. The maximum atomic E-state index is 12.5. The number of aromatic nitrogens is 2. The van der Waals surface area contributed by atoms with Crippen LogP contribution in [0.3, 0.4) is 0 Å². The summed E-state index contributed by atoms with van der Waals surface area (Å²) in [6.07, 6.45) is 0. The highest BCUT2D eigenvalue weighted by atomic mass is 16.5. The molecule has 0 saturated heterocycles. The summed E-state index contributed by atoms with van der Waals surface area (Å²) >= 11 is 0. The average molecular weight is 366 g/mol. The fourth-order valence-electron chi connectivity index (χ4n) is 2.81. The maximum Gasteiger partial charge on any atom is 0.319 e. The predicted molar refractivity (Wildman–Crippen MR) is 105 cm³/mol. The minimum absolute atomic E-state index is 0.171. The van der Waals surface area contributed by atoms with E-state index in [4.69, 9.17) is 4.74 Å². The van der Waals surface area contributed by atoms with Gasteiger partial charge in [-0.15, -0.1) is 0 Å². The number of aryl methyl sites for hydroxylation is 1. The standard InChI is InChI=1S/C20H22N4O3/c1-14-7-3-6-10-17(14)22-20(26)21-13-18-15-8-4-5-9-16(15)19(25)24(23-18)11-12-27-2/h3-10H,11-13H2,1-2H3,(H2,21,22,26). The zero-order chi connectivity index (χ0) is 19.2. The number of amides is 2. The number of hydrogen-bond donors (Lipinski definition) is 2. The van der Waals surface area contributed by atoms with Gasteiger partial charge in [0.1, 0.15) is 0 Å². The van der Waals surface area contributed by atoms with Crippen molar-refractivity contribution in [2.24, 2.45) is 0 Å². The zero-order valence-electron chi connectivity index (χ0n) is 15.4. The van der Waals surface area contributed by atoms with Crippen LogP contribution in [-0.2, 0) is 17.8 Å². The van der Waals surface area contributed by atoms with E-state index in [1.54, 1.807) is 13.2 Å². The molecule has 7 nitrogen and oxygen atoms in total. The third-order valence-electron chi connectivity index (χ3n) is 4.26. The molecule has 0 atom stereocenters. The van der Waals surface area contributed by atoms with Gasteiger partial charge in [0.15, 0.2) is 0 Å². The first kappa shape index (κ1) is 18.6. The van der Waals surface area contributed by atoms with Crippen molar-refractivity contribution in [3.63, 3.8) is 0 Å². The largest absolute Gasteiger partial charge is 0.383 e.